The molecule has 0 fully saturated rings. The molecular weight excluding hydrogens is 190 g/mol. The third-order valence-corrected chi connectivity index (χ3v) is 1.14. The van der Waals surface area contributed by atoms with Crippen LogP contribution in [0.15, 0.2) is 0 Å². The molecule has 0 aliphatic carbocycles. The summed E-state index contributed by atoms with van der Waals surface area (Å²) in [6.07, 6.45) is -0.0776. The summed E-state index contributed by atoms with van der Waals surface area (Å²) >= 11 is 6.45. The molecule has 0 amide bonds. The van der Waals surface area contributed by atoms with E-state index in [0.717, 1.165) is 0 Å². The van der Waals surface area contributed by atoms with Gasteiger partial charge in [-0.25, -0.2) is 0 Å². The van der Waals surface area contributed by atoms with Crippen LogP contribution in [-0.2, 0) is 18.0 Å². The molecule has 0 radical (unpaired) electrons. The first-order valence-electron chi connectivity index (χ1n) is 2.39. The van der Waals surface area contributed by atoms with Crippen LogP contribution in [0.2, 0.25) is 0 Å². The van der Waals surface area contributed by atoms with Gasteiger partial charge in [0.05, 0.1) is 12.8 Å². The molecule has 62 valence electrons. The molecule has 12 heavy (non-hydrogen) atoms. The van der Waals surface area contributed by atoms with Crippen molar-refractivity contribution < 1.29 is 18.0 Å². The van der Waals surface area contributed by atoms with Gasteiger partial charge in [-0.2, -0.15) is 0 Å². The maximum atomic E-state index is 10.3. The fourth-order valence-electron chi connectivity index (χ4n) is 0.295. The third-order valence-electron chi connectivity index (χ3n) is 0.737. The van der Waals surface area contributed by atoms with Gasteiger partial charge in [0.2, 0.25) is 0 Å². The summed E-state index contributed by atoms with van der Waals surface area (Å²) in [7, 11) is 0. The first-order chi connectivity index (χ1) is 4.70. The van der Waals surface area contributed by atoms with Crippen LogP contribution in [0, 0.1) is 0 Å². The molecule has 0 saturated carbocycles. The molecule has 0 rings (SSSR count). The minimum absolute atomic E-state index is 0. The zero-order valence-corrected chi connectivity index (χ0v) is 6.73. The fourth-order valence-corrected chi connectivity index (χ4v) is 0.478. The second kappa shape index (κ2) is 11.8. The molecule has 0 aliphatic rings. The van der Waals surface area contributed by atoms with E-state index in [4.69, 9.17) is 0 Å². The van der Waals surface area contributed by atoms with E-state index in [1.165, 1.54) is 0 Å². The van der Waals surface area contributed by atoms with Crippen molar-refractivity contribution >= 4 is 75.5 Å². The second-order valence-electron chi connectivity index (χ2n) is 1.43. The van der Waals surface area contributed by atoms with Gasteiger partial charge in [0.15, 0.2) is 0 Å². The van der Waals surface area contributed by atoms with Crippen molar-refractivity contribution in [1.82, 2.24) is 0 Å². The van der Waals surface area contributed by atoms with E-state index < -0.39 is 11.9 Å². The average Bonchev–Trinajstić information content (AvgIpc) is 1.99. The van der Waals surface area contributed by atoms with Gasteiger partial charge in [0.25, 0.3) is 0 Å². The topological polar surface area (TPSA) is 52.6 Å². The molecule has 0 atom stereocenters. The van der Waals surface area contributed by atoms with Gasteiger partial charge in [-0.15, -0.1) is 0 Å². The first-order valence-corrected chi connectivity index (χ1v) is 3.12. The van der Waals surface area contributed by atoms with E-state index >= 15 is 0 Å². The van der Waals surface area contributed by atoms with Gasteiger partial charge in [0, 0.05) is 25.8 Å². The van der Waals surface area contributed by atoms with Crippen LogP contribution in [0.1, 0.15) is 12.8 Å². The summed E-state index contributed by atoms with van der Waals surface area (Å²) in [5.41, 5.74) is 0. The predicted octanol–water partition coefficient (Wildman–Crippen LogP) is -0.754. The average molecular weight is 198 g/mol. The SMILES string of the molecule is O=C(CCC(=O)OS)OS.[LiH].[LiH]. The molecule has 0 saturated heterocycles. The summed E-state index contributed by atoms with van der Waals surface area (Å²) < 4.78 is 7.94. The molecular formula is C4H8Li2O4S2. The maximum absolute atomic E-state index is 10.3. The van der Waals surface area contributed by atoms with Crippen LogP contribution in [0.5, 0.6) is 0 Å². The molecule has 0 aromatic heterocycles. The van der Waals surface area contributed by atoms with E-state index in [1.807, 2.05) is 0 Å². The standard InChI is InChI=1S/C4H6O4S2.2Li.2H/c5-3(7-9)1-2-4(6)8-10;;;;/h9-10H,1-2H2;;;;. The number of carbonyl (C=O) groups is 2. The second-order valence-corrected chi connectivity index (χ2v) is 1.79. The van der Waals surface area contributed by atoms with Crippen molar-refractivity contribution in [3.63, 3.8) is 0 Å². The van der Waals surface area contributed by atoms with Crippen LogP contribution in [-0.4, -0.2) is 49.7 Å². The number of rotatable bonds is 3. The Morgan fingerprint density at radius 3 is 1.33 bits per heavy atom. The van der Waals surface area contributed by atoms with Crippen molar-refractivity contribution in [2.75, 3.05) is 0 Å². The molecule has 0 aromatic rings. The summed E-state index contributed by atoms with van der Waals surface area (Å²) in [6, 6.07) is 0. The van der Waals surface area contributed by atoms with Crippen molar-refractivity contribution in [3.8, 4) is 0 Å². The van der Waals surface area contributed by atoms with E-state index in [1.54, 1.807) is 0 Å². The molecule has 8 heteroatoms. The van der Waals surface area contributed by atoms with E-state index in [0.29, 0.717) is 0 Å². The Hall–Kier alpha value is 0.835. The number of carbonyl (C=O) groups excluding carboxylic acids is 2. The van der Waals surface area contributed by atoms with Crippen LogP contribution < -0.4 is 0 Å². The zero-order chi connectivity index (χ0) is 7.98. The van der Waals surface area contributed by atoms with E-state index in [9.17, 15) is 9.59 Å². The Kier molecular flexibility index (Phi) is 18.3. The van der Waals surface area contributed by atoms with Crippen LogP contribution in [0.4, 0.5) is 0 Å². The van der Waals surface area contributed by atoms with Crippen molar-refractivity contribution in [2.24, 2.45) is 0 Å². The molecule has 0 aromatic carbocycles. The van der Waals surface area contributed by atoms with E-state index in [-0.39, 0.29) is 50.6 Å². The van der Waals surface area contributed by atoms with E-state index in [2.05, 4.69) is 34.2 Å². The Morgan fingerprint density at radius 2 is 1.17 bits per heavy atom. The van der Waals surface area contributed by atoms with Gasteiger partial charge in [0.1, 0.15) is 0 Å². The molecule has 4 nitrogen and oxygen atoms in total. The Bertz CT molecular complexity index is 127. The van der Waals surface area contributed by atoms with Crippen LogP contribution in [0.25, 0.3) is 0 Å². The van der Waals surface area contributed by atoms with Crippen LogP contribution in [0.3, 0.4) is 0 Å². The van der Waals surface area contributed by atoms with Gasteiger partial charge < -0.3 is 8.37 Å². The Balaban J connectivity index is -0.000000405. The monoisotopic (exact) mass is 198 g/mol. The fraction of sp³-hybridized carbons (Fsp3) is 0.500. The third kappa shape index (κ3) is 10.8. The Morgan fingerprint density at radius 1 is 0.917 bits per heavy atom. The number of thiol groups is 2. The number of hydrogen-bond acceptors (Lipinski definition) is 6. The predicted molar refractivity (Wildman–Crippen MR) is 53.7 cm³/mol. The summed E-state index contributed by atoms with van der Waals surface area (Å²) in [5, 5.41) is 0. The quantitative estimate of drug-likeness (QED) is 0.356. The van der Waals surface area contributed by atoms with Gasteiger partial charge >= 0.3 is 49.7 Å². The molecule has 0 unspecified atom stereocenters. The Labute approximate surface area is 106 Å². The normalized spacial score (nSPS) is 7.17. The zero-order valence-electron chi connectivity index (χ0n) is 4.94. The van der Waals surface area contributed by atoms with Crippen LogP contribution >= 0.6 is 25.8 Å². The van der Waals surface area contributed by atoms with Crippen molar-refractivity contribution in [1.29, 1.82) is 0 Å². The molecule has 0 N–H and O–H groups in total. The summed E-state index contributed by atoms with van der Waals surface area (Å²) in [6.45, 7) is 0. The molecule has 0 heterocycles. The van der Waals surface area contributed by atoms with Gasteiger partial charge in [-0.1, -0.05) is 0 Å². The van der Waals surface area contributed by atoms with Gasteiger partial charge in [-0.3, -0.25) is 9.59 Å². The minimum atomic E-state index is -0.568. The first kappa shape index (κ1) is 18.6. The van der Waals surface area contributed by atoms with Gasteiger partial charge in [-0.05, 0) is 0 Å². The van der Waals surface area contributed by atoms with Crippen molar-refractivity contribution in [2.45, 2.75) is 12.8 Å². The van der Waals surface area contributed by atoms with Crippen molar-refractivity contribution in [3.05, 3.63) is 0 Å². The summed E-state index contributed by atoms with van der Waals surface area (Å²) in [5.74, 6) is -1.14. The molecule has 0 spiro atoms. The summed E-state index contributed by atoms with van der Waals surface area (Å²) in [4.78, 5) is 20.6. The number of hydrogen-bond donors (Lipinski definition) is 2. The molecule has 0 bridgehead atoms. The molecule has 0 aliphatic heterocycles.